The van der Waals surface area contributed by atoms with Crippen molar-refractivity contribution in [2.75, 3.05) is 4.90 Å². The first-order valence-corrected chi connectivity index (χ1v) is 7.16. The van der Waals surface area contributed by atoms with Crippen LogP contribution in [0.4, 0.5) is 5.69 Å². The second-order valence-electron chi connectivity index (χ2n) is 5.20. The van der Waals surface area contributed by atoms with Gasteiger partial charge in [-0.2, -0.15) is 0 Å². The molecule has 1 aromatic carbocycles. The van der Waals surface area contributed by atoms with Gasteiger partial charge in [0, 0.05) is 4.47 Å². The molecule has 0 N–H and O–H groups in total. The largest absolute Gasteiger partial charge is 0.274 e. The first-order valence-electron chi connectivity index (χ1n) is 6.37. The third-order valence-corrected chi connectivity index (χ3v) is 4.38. The number of imide groups is 1. The second-order valence-corrected chi connectivity index (χ2v) is 6.11. The van der Waals surface area contributed by atoms with E-state index in [1.54, 1.807) is 6.07 Å². The van der Waals surface area contributed by atoms with Crippen molar-refractivity contribution in [3.8, 4) is 0 Å². The summed E-state index contributed by atoms with van der Waals surface area (Å²) in [5.41, 5.74) is 1.87. The fraction of sp³-hybridized carbons (Fsp3) is 0.333. The third-order valence-electron chi connectivity index (χ3n) is 3.89. The molecule has 2 aliphatic rings. The fourth-order valence-electron chi connectivity index (χ4n) is 2.91. The number of anilines is 1. The van der Waals surface area contributed by atoms with Crippen LogP contribution in [-0.4, -0.2) is 11.8 Å². The number of hydrogen-bond donors (Lipinski definition) is 0. The van der Waals surface area contributed by atoms with Gasteiger partial charge in [-0.15, -0.1) is 0 Å². The molecule has 0 spiro atoms. The standard InChI is InChI=1S/C15H14BrNO2/c1-9-5-6-12-13(7-9)15(19)17(14(12)18)11-4-2-3-10(16)8-11/h2-5,8,12-13H,6-7H2,1H3. The Morgan fingerprint density at radius 3 is 2.68 bits per heavy atom. The topological polar surface area (TPSA) is 37.4 Å². The van der Waals surface area contributed by atoms with Crippen LogP contribution in [0, 0.1) is 11.8 Å². The molecule has 3 rings (SSSR count). The monoisotopic (exact) mass is 319 g/mol. The van der Waals surface area contributed by atoms with Gasteiger partial charge >= 0.3 is 0 Å². The van der Waals surface area contributed by atoms with E-state index >= 15 is 0 Å². The smallest absolute Gasteiger partial charge is 0.238 e. The van der Waals surface area contributed by atoms with E-state index in [2.05, 4.69) is 22.0 Å². The predicted molar refractivity (Wildman–Crippen MR) is 76.6 cm³/mol. The zero-order chi connectivity index (χ0) is 13.6. The Labute approximate surface area is 120 Å². The van der Waals surface area contributed by atoms with Crippen LogP contribution in [0.3, 0.4) is 0 Å². The van der Waals surface area contributed by atoms with Gasteiger partial charge in [-0.05, 0) is 38.0 Å². The second kappa shape index (κ2) is 4.60. The van der Waals surface area contributed by atoms with Crippen LogP contribution < -0.4 is 4.90 Å². The Morgan fingerprint density at radius 2 is 1.95 bits per heavy atom. The molecule has 1 fully saturated rings. The molecule has 1 aliphatic carbocycles. The average Bonchev–Trinajstić information content (AvgIpc) is 2.61. The maximum absolute atomic E-state index is 12.5. The van der Waals surface area contributed by atoms with Gasteiger partial charge in [0.25, 0.3) is 0 Å². The quantitative estimate of drug-likeness (QED) is 0.588. The highest BCUT2D eigenvalue weighted by molar-refractivity contribution is 9.10. The molecule has 1 aromatic rings. The molecule has 3 nitrogen and oxygen atoms in total. The molecule has 19 heavy (non-hydrogen) atoms. The number of benzene rings is 1. The summed E-state index contributed by atoms with van der Waals surface area (Å²) in [6, 6.07) is 7.34. The number of carbonyl (C=O) groups is 2. The highest BCUT2D eigenvalue weighted by atomic mass is 79.9. The summed E-state index contributed by atoms with van der Waals surface area (Å²) in [6.07, 6.45) is 3.47. The molecule has 1 aliphatic heterocycles. The lowest BCUT2D eigenvalue weighted by molar-refractivity contribution is -0.122. The molecule has 1 saturated heterocycles. The van der Waals surface area contributed by atoms with Gasteiger partial charge in [-0.25, -0.2) is 4.90 Å². The lowest BCUT2D eigenvalue weighted by atomic mass is 9.82. The first kappa shape index (κ1) is 12.6. The van der Waals surface area contributed by atoms with Gasteiger partial charge in [-0.1, -0.05) is 33.6 Å². The molecule has 2 unspecified atom stereocenters. The van der Waals surface area contributed by atoms with Gasteiger partial charge < -0.3 is 0 Å². The van der Waals surface area contributed by atoms with E-state index in [0.29, 0.717) is 18.5 Å². The van der Waals surface area contributed by atoms with Gasteiger partial charge in [0.1, 0.15) is 0 Å². The van der Waals surface area contributed by atoms with E-state index in [4.69, 9.17) is 0 Å². The van der Waals surface area contributed by atoms with E-state index in [9.17, 15) is 9.59 Å². The average molecular weight is 320 g/mol. The van der Waals surface area contributed by atoms with Gasteiger partial charge in [0.2, 0.25) is 11.8 Å². The summed E-state index contributed by atoms with van der Waals surface area (Å²) in [7, 11) is 0. The maximum atomic E-state index is 12.5. The van der Waals surface area contributed by atoms with Crippen molar-refractivity contribution in [1.82, 2.24) is 0 Å². The van der Waals surface area contributed by atoms with Crippen LogP contribution in [0.15, 0.2) is 40.4 Å². The summed E-state index contributed by atoms with van der Waals surface area (Å²) in [5, 5.41) is 0. The number of allylic oxidation sites excluding steroid dienone is 2. The summed E-state index contributed by atoms with van der Waals surface area (Å²) in [5.74, 6) is -0.455. The highest BCUT2D eigenvalue weighted by Crippen LogP contribution is 2.39. The zero-order valence-electron chi connectivity index (χ0n) is 10.6. The summed E-state index contributed by atoms with van der Waals surface area (Å²) in [4.78, 5) is 26.3. The number of rotatable bonds is 1. The molecule has 0 saturated carbocycles. The van der Waals surface area contributed by atoms with Crippen LogP contribution in [0.2, 0.25) is 0 Å². The number of nitrogens with zero attached hydrogens (tertiary/aromatic N) is 1. The number of halogens is 1. The van der Waals surface area contributed by atoms with Gasteiger partial charge in [-0.3, -0.25) is 9.59 Å². The lowest BCUT2D eigenvalue weighted by Gasteiger charge is -2.18. The zero-order valence-corrected chi connectivity index (χ0v) is 12.2. The fourth-order valence-corrected chi connectivity index (χ4v) is 3.29. The van der Waals surface area contributed by atoms with Crippen LogP contribution in [-0.2, 0) is 9.59 Å². The summed E-state index contributed by atoms with van der Waals surface area (Å²) >= 11 is 3.38. The Bertz CT molecular complexity index is 594. The normalized spacial score (nSPS) is 26.4. The van der Waals surface area contributed by atoms with Crippen molar-refractivity contribution in [2.24, 2.45) is 11.8 Å². The minimum atomic E-state index is -0.171. The maximum Gasteiger partial charge on any atom is 0.238 e. The molecule has 0 radical (unpaired) electrons. The van der Waals surface area contributed by atoms with Crippen LogP contribution in [0.5, 0.6) is 0 Å². The SMILES string of the molecule is CC1=CCC2C(=O)N(c3cccc(Br)c3)C(=O)C2C1. The van der Waals surface area contributed by atoms with Crippen LogP contribution >= 0.6 is 15.9 Å². The molecule has 2 atom stereocenters. The molecule has 4 heteroatoms. The molecular weight excluding hydrogens is 306 g/mol. The van der Waals surface area contributed by atoms with Crippen molar-refractivity contribution >= 4 is 33.4 Å². The first-order chi connectivity index (χ1) is 9.08. The van der Waals surface area contributed by atoms with E-state index < -0.39 is 0 Å². The van der Waals surface area contributed by atoms with Crippen molar-refractivity contribution in [1.29, 1.82) is 0 Å². The number of fused-ring (bicyclic) bond motifs is 1. The number of amides is 2. The van der Waals surface area contributed by atoms with Crippen LogP contribution in [0.25, 0.3) is 0 Å². The van der Waals surface area contributed by atoms with E-state index in [0.717, 1.165) is 4.47 Å². The molecular formula is C15H14BrNO2. The van der Waals surface area contributed by atoms with Crippen molar-refractivity contribution in [2.45, 2.75) is 19.8 Å². The molecule has 1 heterocycles. The minimum Gasteiger partial charge on any atom is -0.274 e. The molecule has 98 valence electrons. The van der Waals surface area contributed by atoms with Crippen molar-refractivity contribution in [3.63, 3.8) is 0 Å². The highest BCUT2D eigenvalue weighted by Gasteiger charge is 2.48. The Balaban J connectivity index is 1.97. The molecule has 0 aromatic heterocycles. The van der Waals surface area contributed by atoms with E-state index in [1.807, 2.05) is 25.1 Å². The van der Waals surface area contributed by atoms with Crippen molar-refractivity contribution < 1.29 is 9.59 Å². The van der Waals surface area contributed by atoms with E-state index in [1.165, 1.54) is 10.5 Å². The summed E-state index contributed by atoms with van der Waals surface area (Å²) < 4.78 is 0.870. The Hall–Kier alpha value is -1.42. The lowest BCUT2D eigenvalue weighted by Crippen LogP contribution is -2.30. The van der Waals surface area contributed by atoms with Crippen molar-refractivity contribution in [3.05, 3.63) is 40.4 Å². The van der Waals surface area contributed by atoms with Gasteiger partial charge in [0.15, 0.2) is 0 Å². The number of carbonyl (C=O) groups excluding carboxylic acids is 2. The minimum absolute atomic E-state index is 0.0550. The molecule has 2 amide bonds. The van der Waals surface area contributed by atoms with Gasteiger partial charge in [0.05, 0.1) is 17.5 Å². The Morgan fingerprint density at radius 1 is 1.21 bits per heavy atom. The van der Waals surface area contributed by atoms with E-state index in [-0.39, 0.29) is 23.7 Å². The molecule has 0 bridgehead atoms. The third kappa shape index (κ3) is 2.04. The number of hydrogen-bond acceptors (Lipinski definition) is 2. The summed E-state index contributed by atoms with van der Waals surface area (Å²) in [6.45, 7) is 2.02. The Kier molecular flexibility index (Phi) is 3.05. The predicted octanol–water partition coefficient (Wildman–Crippen LogP) is 3.29. The van der Waals surface area contributed by atoms with Crippen LogP contribution in [0.1, 0.15) is 19.8 Å².